The Labute approximate surface area is 131 Å². The van der Waals surface area contributed by atoms with Gasteiger partial charge in [-0.3, -0.25) is 0 Å². The fourth-order valence-electron chi connectivity index (χ4n) is 2.05. The normalized spacial score (nSPS) is 15.5. The van der Waals surface area contributed by atoms with Crippen LogP contribution in [0.25, 0.3) is 0 Å². The third-order valence-electron chi connectivity index (χ3n) is 3.15. The molecule has 1 aromatic carbocycles. The minimum Gasteiger partial charge on any atom is -0.492 e. The number of alkyl halides is 3. The first-order chi connectivity index (χ1) is 10.4. The second-order valence-corrected chi connectivity index (χ2v) is 5.90. The Morgan fingerprint density at radius 1 is 1.36 bits per heavy atom. The molecule has 1 saturated heterocycles. The first-order valence-electron chi connectivity index (χ1n) is 6.89. The molecule has 8 heteroatoms. The van der Waals surface area contributed by atoms with Crippen molar-refractivity contribution >= 4 is 23.5 Å². The number of benzene rings is 1. The SMILES string of the molecule is CCOc1ccc(C(F)(F)F)cc1NC(=O)N1CCSCC1. The van der Waals surface area contributed by atoms with Crippen molar-refractivity contribution in [1.82, 2.24) is 4.90 Å². The Bertz CT molecular complexity index is 531. The molecule has 0 unspecified atom stereocenters. The van der Waals surface area contributed by atoms with Crippen molar-refractivity contribution < 1.29 is 22.7 Å². The molecule has 1 fully saturated rings. The monoisotopic (exact) mass is 334 g/mol. The number of hydrogen-bond acceptors (Lipinski definition) is 3. The maximum absolute atomic E-state index is 12.8. The largest absolute Gasteiger partial charge is 0.492 e. The molecule has 0 atom stereocenters. The van der Waals surface area contributed by atoms with Gasteiger partial charge >= 0.3 is 12.2 Å². The van der Waals surface area contributed by atoms with Crippen LogP contribution in [0, 0.1) is 0 Å². The molecule has 1 aliphatic heterocycles. The highest BCUT2D eigenvalue weighted by Gasteiger charge is 2.31. The summed E-state index contributed by atoms with van der Waals surface area (Å²) in [6, 6.07) is 2.67. The number of nitrogens with one attached hydrogen (secondary N) is 1. The van der Waals surface area contributed by atoms with Crippen molar-refractivity contribution in [2.75, 3.05) is 36.5 Å². The molecular weight excluding hydrogens is 317 g/mol. The third-order valence-corrected chi connectivity index (χ3v) is 4.09. The number of halogens is 3. The van der Waals surface area contributed by atoms with Crippen LogP contribution in [0.15, 0.2) is 18.2 Å². The number of hydrogen-bond donors (Lipinski definition) is 1. The molecule has 4 nitrogen and oxygen atoms in total. The summed E-state index contributed by atoms with van der Waals surface area (Å²) in [4.78, 5) is 13.7. The van der Waals surface area contributed by atoms with Crippen LogP contribution < -0.4 is 10.1 Å². The fourth-order valence-corrected chi connectivity index (χ4v) is 2.95. The lowest BCUT2D eigenvalue weighted by Crippen LogP contribution is -2.40. The lowest BCUT2D eigenvalue weighted by atomic mass is 10.2. The van der Waals surface area contributed by atoms with Crippen LogP contribution in [0.4, 0.5) is 23.7 Å². The van der Waals surface area contributed by atoms with Crippen molar-refractivity contribution in [2.24, 2.45) is 0 Å². The highest BCUT2D eigenvalue weighted by atomic mass is 32.2. The van der Waals surface area contributed by atoms with Crippen molar-refractivity contribution in [3.63, 3.8) is 0 Å². The Kier molecular flexibility index (Phi) is 5.44. The Morgan fingerprint density at radius 2 is 2.05 bits per heavy atom. The number of amides is 2. The molecule has 0 radical (unpaired) electrons. The van der Waals surface area contributed by atoms with E-state index in [4.69, 9.17) is 4.74 Å². The molecule has 2 amide bonds. The van der Waals surface area contributed by atoms with Crippen LogP contribution in [-0.4, -0.2) is 42.1 Å². The maximum atomic E-state index is 12.8. The van der Waals surface area contributed by atoms with E-state index in [1.165, 1.54) is 6.07 Å². The van der Waals surface area contributed by atoms with Crippen LogP contribution >= 0.6 is 11.8 Å². The van der Waals surface area contributed by atoms with Gasteiger partial charge in [-0.1, -0.05) is 0 Å². The molecule has 1 heterocycles. The minimum absolute atomic E-state index is 0.0416. The average molecular weight is 334 g/mol. The highest BCUT2D eigenvalue weighted by molar-refractivity contribution is 7.99. The van der Waals surface area contributed by atoms with Gasteiger partial charge in [-0.15, -0.1) is 0 Å². The van der Waals surface area contributed by atoms with Gasteiger partial charge in [0.05, 0.1) is 17.9 Å². The van der Waals surface area contributed by atoms with Gasteiger partial charge in [-0.05, 0) is 25.1 Å². The number of rotatable bonds is 3. The smallest absolute Gasteiger partial charge is 0.416 e. The van der Waals surface area contributed by atoms with Crippen molar-refractivity contribution in [3.8, 4) is 5.75 Å². The van der Waals surface area contributed by atoms with Gasteiger partial charge in [-0.2, -0.15) is 24.9 Å². The molecule has 1 aliphatic rings. The molecule has 22 heavy (non-hydrogen) atoms. The van der Waals surface area contributed by atoms with Gasteiger partial charge in [0.1, 0.15) is 5.75 Å². The number of thioether (sulfide) groups is 1. The first kappa shape index (κ1) is 16.8. The molecule has 0 aromatic heterocycles. The lowest BCUT2D eigenvalue weighted by molar-refractivity contribution is -0.137. The van der Waals surface area contributed by atoms with E-state index in [0.717, 1.165) is 23.6 Å². The molecule has 0 aliphatic carbocycles. The Balaban J connectivity index is 2.20. The van der Waals surface area contributed by atoms with Gasteiger partial charge in [0.15, 0.2) is 0 Å². The minimum atomic E-state index is -4.47. The molecule has 122 valence electrons. The lowest BCUT2D eigenvalue weighted by Gasteiger charge is -2.27. The summed E-state index contributed by atoms with van der Waals surface area (Å²) in [5, 5.41) is 2.53. The first-order valence-corrected chi connectivity index (χ1v) is 8.05. The van der Waals surface area contributed by atoms with Crippen LogP contribution in [-0.2, 0) is 6.18 Å². The van der Waals surface area contributed by atoms with Crippen LogP contribution in [0.3, 0.4) is 0 Å². The summed E-state index contributed by atoms with van der Waals surface area (Å²) in [5.41, 5.74) is -0.777. The number of ether oxygens (including phenoxy) is 1. The molecule has 2 rings (SSSR count). The molecule has 1 N–H and O–H groups in total. The average Bonchev–Trinajstić information content (AvgIpc) is 2.49. The zero-order valence-corrected chi connectivity index (χ0v) is 12.9. The van der Waals surface area contributed by atoms with Crippen LogP contribution in [0.5, 0.6) is 5.75 Å². The van der Waals surface area contributed by atoms with E-state index in [1.54, 1.807) is 23.6 Å². The quantitative estimate of drug-likeness (QED) is 0.917. The summed E-state index contributed by atoms with van der Waals surface area (Å²) in [6.07, 6.45) is -4.47. The van der Waals surface area contributed by atoms with E-state index < -0.39 is 17.8 Å². The van der Waals surface area contributed by atoms with Crippen molar-refractivity contribution in [3.05, 3.63) is 23.8 Å². The Hall–Kier alpha value is -1.57. The van der Waals surface area contributed by atoms with E-state index in [1.807, 2.05) is 0 Å². The van der Waals surface area contributed by atoms with E-state index in [9.17, 15) is 18.0 Å². The maximum Gasteiger partial charge on any atom is 0.416 e. The third kappa shape index (κ3) is 4.22. The van der Waals surface area contributed by atoms with Crippen molar-refractivity contribution in [2.45, 2.75) is 13.1 Å². The second-order valence-electron chi connectivity index (χ2n) is 4.67. The van der Waals surface area contributed by atoms with Crippen LogP contribution in [0.1, 0.15) is 12.5 Å². The summed E-state index contributed by atoms with van der Waals surface area (Å²) in [6.45, 7) is 3.19. The standard InChI is InChI=1S/C14H17F3N2O2S/c1-2-21-12-4-3-10(14(15,16)17)9-11(12)18-13(20)19-5-7-22-8-6-19/h3-4,9H,2,5-8H2,1H3,(H,18,20). The molecular formula is C14H17F3N2O2S. The van der Waals surface area contributed by atoms with Gasteiger partial charge < -0.3 is 15.0 Å². The predicted octanol–water partition coefficient (Wildman–Crippen LogP) is 3.68. The number of anilines is 1. The topological polar surface area (TPSA) is 41.6 Å². The van der Waals surface area contributed by atoms with E-state index in [-0.39, 0.29) is 11.4 Å². The van der Waals surface area contributed by atoms with Crippen LogP contribution in [0.2, 0.25) is 0 Å². The van der Waals surface area contributed by atoms with Gasteiger partial charge in [0.25, 0.3) is 0 Å². The molecule has 1 aromatic rings. The summed E-state index contributed by atoms with van der Waals surface area (Å²) >= 11 is 1.74. The number of nitrogens with zero attached hydrogens (tertiary/aromatic N) is 1. The molecule has 0 spiro atoms. The van der Waals surface area contributed by atoms with Gasteiger partial charge in [-0.25, -0.2) is 4.79 Å². The number of carbonyl (C=O) groups is 1. The van der Waals surface area contributed by atoms with Gasteiger partial charge in [0.2, 0.25) is 0 Å². The molecule has 0 saturated carbocycles. The summed E-state index contributed by atoms with van der Waals surface area (Å²) in [5.74, 6) is 1.89. The van der Waals surface area contributed by atoms with E-state index in [2.05, 4.69) is 5.32 Å². The summed E-state index contributed by atoms with van der Waals surface area (Å²) in [7, 11) is 0. The fraction of sp³-hybridized carbons (Fsp3) is 0.500. The predicted molar refractivity (Wildman–Crippen MR) is 80.5 cm³/mol. The number of urea groups is 1. The van der Waals surface area contributed by atoms with Crippen molar-refractivity contribution in [1.29, 1.82) is 0 Å². The Morgan fingerprint density at radius 3 is 2.64 bits per heavy atom. The molecule has 0 bridgehead atoms. The zero-order valence-electron chi connectivity index (χ0n) is 12.1. The zero-order chi connectivity index (χ0) is 16.2. The second kappa shape index (κ2) is 7.13. The summed E-state index contributed by atoms with van der Waals surface area (Å²) < 4.78 is 43.7. The highest BCUT2D eigenvalue weighted by Crippen LogP contribution is 2.35. The van der Waals surface area contributed by atoms with E-state index in [0.29, 0.717) is 19.7 Å². The van der Waals surface area contributed by atoms with Gasteiger partial charge in [0, 0.05) is 24.6 Å². The van der Waals surface area contributed by atoms with E-state index >= 15 is 0 Å². The number of carbonyl (C=O) groups excluding carboxylic acids is 1.